The molecule has 0 amide bonds. The van der Waals surface area contributed by atoms with Gasteiger partial charge in [-0.05, 0) is 23.8 Å². The highest BCUT2D eigenvalue weighted by Crippen LogP contribution is 2.19. The summed E-state index contributed by atoms with van der Waals surface area (Å²) in [7, 11) is 0. The second kappa shape index (κ2) is 5.63. The zero-order chi connectivity index (χ0) is 10.6. The number of hydrogen-bond donors (Lipinski definition) is 1. The third-order valence-electron chi connectivity index (χ3n) is 1.55. The van der Waals surface area contributed by atoms with Gasteiger partial charge in [0, 0.05) is 16.0 Å². The fourth-order valence-corrected chi connectivity index (χ4v) is 1.97. The Morgan fingerprint density at radius 3 is 2.64 bits per heavy atom. The first kappa shape index (κ1) is 11.9. The SMILES string of the molecule is FC(F)CNCc1cc(Cl)cc(Br)c1. The normalized spacial score (nSPS) is 10.9. The molecular formula is C9H9BrClF2N. The zero-order valence-corrected chi connectivity index (χ0v) is 9.58. The quantitative estimate of drug-likeness (QED) is 0.893. The Bertz CT molecular complexity index is 287. The molecule has 0 atom stereocenters. The highest BCUT2D eigenvalue weighted by molar-refractivity contribution is 9.10. The van der Waals surface area contributed by atoms with Gasteiger partial charge in [-0.1, -0.05) is 27.5 Å². The second-order valence-electron chi connectivity index (χ2n) is 2.80. The molecule has 0 aliphatic carbocycles. The lowest BCUT2D eigenvalue weighted by Gasteiger charge is -2.05. The number of nitrogens with one attached hydrogen (secondary N) is 1. The summed E-state index contributed by atoms with van der Waals surface area (Å²) in [4.78, 5) is 0. The van der Waals surface area contributed by atoms with Gasteiger partial charge in [0.05, 0.1) is 6.54 Å². The van der Waals surface area contributed by atoms with Gasteiger partial charge in [-0.25, -0.2) is 8.78 Å². The van der Waals surface area contributed by atoms with E-state index in [1.807, 2.05) is 6.07 Å². The molecular weight excluding hydrogens is 275 g/mol. The van der Waals surface area contributed by atoms with Crippen molar-refractivity contribution >= 4 is 27.5 Å². The molecule has 0 heterocycles. The predicted molar refractivity (Wildman–Crippen MR) is 56.9 cm³/mol. The lowest BCUT2D eigenvalue weighted by atomic mass is 10.2. The van der Waals surface area contributed by atoms with Crippen LogP contribution in [0.4, 0.5) is 8.78 Å². The highest BCUT2D eigenvalue weighted by Gasteiger charge is 2.02. The first-order valence-electron chi connectivity index (χ1n) is 4.02. The van der Waals surface area contributed by atoms with Crippen molar-refractivity contribution in [3.63, 3.8) is 0 Å². The molecule has 0 unspecified atom stereocenters. The topological polar surface area (TPSA) is 12.0 Å². The Morgan fingerprint density at radius 2 is 2.07 bits per heavy atom. The van der Waals surface area contributed by atoms with E-state index in [-0.39, 0.29) is 6.54 Å². The molecule has 1 aromatic carbocycles. The van der Waals surface area contributed by atoms with Gasteiger partial charge in [0.2, 0.25) is 0 Å². The minimum atomic E-state index is -2.32. The largest absolute Gasteiger partial charge is 0.307 e. The highest BCUT2D eigenvalue weighted by atomic mass is 79.9. The lowest BCUT2D eigenvalue weighted by molar-refractivity contribution is 0.145. The smallest absolute Gasteiger partial charge is 0.250 e. The van der Waals surface area contributed by atoms with Crippen molar-refractivity contribution in [1.29, 1.82) is 0 Å². The van der Waals surface area contributed by atoms with Gasteiger partial charge in [0.25, 0.3) is 6.43 Å². The Labute approximate surface area is 94.6 Å². The maximum atomic E-state index is 11.8. The van der Waals surface area contributed by atoms with Crippen LogP contribution in [0.5, 0.6) is 0 Å². The van der Waals surface area contributed by atoms with Gasteiger partial charge in [-0.3, -0.25) is 0 Å². The van der Waals surface area contributed by atoms with Gasteiger partial charge in [0.1, 0.15) is 0 Å². The summed E-state index contributed by atoms with van der Waals surface area (Å²) in [6, 6.07) is 5.33. The molecule has 1 aromatic rings. The van der Waals surface area contributed by atoms with Crippen molar-refractivity contribution < 1.29 is 8.78 Å². The predicted octanol–water partition coefficient (Wildman–Crippen LogP) is 3.46. The summed E-state index contributed by atoms with van der Waals surface area (Å²) in [5.74, 6) is 0. The molecule has 1 N–H and O–H groups in total. The molecule has 0 aliphatic rings. The maximum absolute atomic E-state index is 11.8. The first-order chi connectivity index (χ1) is 6.58. The Kier molecular flexibility index (Phi) is 4.78. The average molecular weight is 285 g/mol. The summed E-state index contributed by atoms with van der Waals surface area (Å²) in [6.07, 6.45) is -2.32. The Hall–Kier alpha value is -0.190. The lowest BCUT2D eigenvalue weighted by Crippen LogP contribution is -2.20. The van der Waals surface area contributed by atoms with E-state index in [2.05, 4.69) is 21.2 Å². The average Bonchev–Trinajstić information content (AvgIpc) is 2.01. The van der Waals surface area contributed by atoms with Crippen molar-refractivity contribution in [2.75, 3.05) is 6.54 Å². The van der Waals surface area contributed by atoms with E-state index in [4.69, 9.17) is 11.6 Å². The molecule has 0 radical (unpaired) electrons. The van der Waals surface area contributed by atoms with Gasteiger partial charge in [-0.2, -0.15) is 0 Å². The van der Waals surface area contributed by atoms with Crippen molar-refractivity contribution in [3.05, 3.63) is 33.3 Å². The van der Waals surface area contributed by atoms with E-state index in [9.17, 15) is 8.78 Å². The number of benzene rings is 1. The van der Waals surface area contributed by atoms with E-state index in [1.54, 1.807) is 12.1 Å². The molecule has 0 aromatic heterocycles. The van der Waals surface area contributed by atoms with Gasteiger partial charge < -0.3 is 5.32 Å². The summed E-state index contributed by atoms with van der Waals surface area (Å²) >= 11 is 9.06. The van der Waals surface area contributed by atoms with Crippen LogP contribution >= 0.6 is 27.5 Å². The van der Waals surface area contributed by atoms with E-state index in [1.165, 1.54) is 0 Å². The second-order valence-corrected chi connectivity index (χ2v) is 4.15. The van der Waals surface area contributed by atoms with Gasteiger partial charge >= 0.3 is 0 Å². The molecule has 0 spiro atoms. The minimum Gasteiger partial charge on any atom is -0.307 e. The minimum absolute atomic E-state index is 0.301. The van der Waals surface area contributed by atoms with Gasteiger partial charge in [0.15, 0.2) is 0 Å². The summed E-state index contributed by atoms with van der Waals surface area (Å²) in [5.41, 5.74) is 0.880. The summed E-state index contributed by atoms with van der Waals surface area (Å²) in [6.45, 7) is 0.0909. The molecule has 14 heavy (non-hydrogen) atoms. The molecule has 1 nitrogen and oxygen atoms in total. The molecule has 0 fully saturated rings. The third-order valence-corrected chi connectivity index (χ3v) is 2.23. The van der Waals surface area contributed by atoms with Crippen molar-refractivity contribution in [2.24, 2.45) is 0 Å². The number of rotatable bonds is 4. The molecule has 1 rings (SSSR count). The van der Waals surface area contributed by atoms with Crippen LogP contribution in [0.1, 0.15) is 5.56 Å². The molecule has 0 saturated carbocycles. The molecule has 5 heteroatoms. The third kappa shape index (κ3) is 4.35. The van der Waals surface area contributed by atoms with Gasteiger partial charge in [-0.15, -0.1) is 0 Å². The monoisotopic (exact) mass is 283 g/mol. The van der Waals surface area contributed by atoms with Crippen LogP contribution in [0.25, 0.3) is 0 Å². The standard InChI is InChI=1S/C9H9BrClF2N/c10-7-1-6(2-8(11)3-7)4-14-5-9(12)13/h1-3,9,14H,4-5H2. The Morgan fingerprint density at radius 1 is 1.36 bits per heavy atom. The fraction of sp³-hybridized carbons (Fsp3) is 0.333. The van der Waals surface area contributed by atoms with Crippen molar-refractivity contribution in [2.45, 2.75) is 13.0 Å². The van der Waals surface area contributed by atoms with Crippen LogP contribution in [0.3, 0.4) is 0 Å². The number of halogens is 4. The van der Waals surface area contributed by atoms with Crippen LogP contribution in [0.15, 0.2) is 22.7 Å². The van der Waals surface area contributed by atoms with Crippen LogP contribution in [0.2, 0.25) is 5.02 Å². The van der Waals surface area contributed by atoms with Crippen molar-refractivity contribution in [3.8, 4) is 0 Å². The van der Waals surface area contributed by atoms with Crippen LogP contribution < -0.4 is 5.32 Å². The number of hydrogen-bond acceptors (Lipinski definition) is 1. The molecule has 0 aliphatic heterocycles. The first-order valence-corrected chi connectivity index (χ1v) is 5.19. The maximum Gasteiger partial charge on any atom is 0.250 e. The molecule has 0 saturated heterocycles. The van der Waals surface area contributed by atoms with Crippen LogP contribution in [-0.4, -0.2) is 13.0 Å². The van der Waals surface area contributed by atoms with E-state index in [0.717, 1.165) is 10.0 Å². The summed E-state index contributed by atoms with van der Waals surface area (Å²) in [5, 5.41) is 3.22. The zero-order valence-electron chi connectivity index (χ0n) is 7.24. The fourth-order valence-electron chi connectivity index (χ4n) is 1.04. The van der Waals surface area contributed by atoms with Crippen LogP contribution in [-0.2, 0) is 6.54 Å². The van der Waals surface area contributed by atoms with E-state index in [0.29, 0.717) is 11.6 Å². The van der Waals surface area contributed by atoms with Crippen molar-refractivity contribution in [1.82, 2.24) is 5.32 Å². The van der Waals surface area contributed by atoms with E-state index >= 15 is 0 Å². The Balaban J connectivity index is 2.50. The summed E-state index contributed by atoms with van der Waals surface area (Å²) < 4.78 is 24.4. The number of alkyl halides is 2. The molecule has 78 valence electrons. The molecule has 0 bridgehead atoms. The van der Waals surface area contributed by atoms with E-state index < -0.39 is 6.43 Å². The van der Waals surface area contributed by atoms with Crippen LogP contribution in [0, 0.1) is 0 Å².